The number of hydrogen-bond donors (Lipinski definition) is 2. The lowest BCUT2D eigenvalue weighted by molar-refractivity contribution is 0.0822. The molecule has 0 bridgehead atoms. The van der Waals surface area contributed by atoms with E-state index in [9.17, 15) is 5.11 Å². The van der Waals surface area contributed by atoms with Gasteiger partial charge >= 0.3 is 0 Å². The molecule has 1 unspecified atom stereocenters. The minimum atomic E-state index is -0.656. The minimum absolute atomic E-state index is 0.0486. The van der Waals surface area contributed by atoms with Crippen molar-refractivity contribution in [2.45, 2.75) is 12.5 Å². The summed E-state index contributed by atoms with van der Waals surface area (Å²) in [6.07, 6.45) is -0.346. The molecule has 3 nitrogen and oxygen atoms in total. The number of hydrogen-bond acceptors (Lipinski definition) is 3. The largest absolute Gasteiger partial charge is 0.489 e. The zero-order chi connectivity index (χ0) is 10.4. The van der Waals surface area contributed by atoms with E-state index < -0.39 is 6.10 Å². The highest BCUT2D eigenvalue weighted by Crippen LogP contribution is 2.23. The molecule has 0 spiro atoms. The molecule has 0 fully saturated rings. The quantitative estimate of drug-likeness (QED) is 0.784. The van der Waals surface area contributed by atoms with Crippen LogP contribution in [0, 0.1) is 0 Å². The Hall–Kier alpha value is -0.770. The summed E-state index contributed by atoms with van der Waals surface area (Å²) in [6, 6.07) is 7.06. The van der Waals surface area contributed by atoms with Crippen LogP contribution in [0.25, 0.3) is 0 Å². The first-order valence-electron chi connectivity index (χ1n) is 4.40. The first kappa shape index (κ1) is 11.3. The molecule has 1 aromatic carbocycles. The van der Waals surface area contributed by atoms with Crippen molar-refractivity contribution in [1.29, 1.82) is 0 Å². The molecule has 1 rings (SSSR count). The molecule has 2 N–H and O–H groups in total. The number of para-hydroxylation sites is 1. The molecule has 14 heavy (non-hydrogen) atoms. The van der Waals surface area contributed by atoms with Crippen molar-refractivity contribution < 1.29 is 14.9 Å². The maximum Gasteiger partial charge on any atom is 0.138 e. The second-order valence-electron chi connectivity index (χ2n) is 2.91. The van der Waals surface area contributed by atoms with Crippen LogP contribution in [-0.2, 0) is 0 Å². The van der Waals surface area contributed by atoms with Gasteiger partial charge in [-0.05, 0) is 18.6 Å². The van der Waals surface area contributed by atoms with Crippen molar-refractivity contribution >= 4 is 11.6 Å². The standard InChI is InChI=1S/C10H13ClO3/c11-9-3-1-2-4-10(9)14-7-8(13)5-6-12/h1-4,8,12-13H,5-7H2. The van der Waals surface area contributed by atoms with Gasteiger partial charge in [-0.15, -0.1) is 0 Å². The molecule has 4 heteroatoms. The van der Waals surface area contributed by atoms with E-state index in [2.05, 4.69) is 0 Å². The van der Waals surface area contributed by atoms with Crippen LogP contribution in [0.15, 0.2) is 24.3 Å². The maximum atomic E-state index is 9.27. The van der Waals surface area contributed by atoms with Crippen LogP contribution in [0.1, 0.15) is 6.42 Å². The Labute approximate surface area is 87.9 Å². The third-order valence-corrected chi connectivity index (χ3v) is 2.04. The molecule has 0 aliphatic heterocycles. The number of aliphatic hydroxyl groups excluding tert-OH is 2. The van der Waals surface area contributed by atoms with E-state index in [1.54, 1.807) is 24.3 Å². The van der Waals surface area contributed by atoms with Crippen LogP contribution in [0.3, 0.4) is 0 Å². The number of halogens is 1. The zero-order valence-corrected chi connectivity index (χ0v) is 8.44. The smallest absolute Gasteiger partial charge is 0.138 e. The SMILES string of the molecule is OCCC(O)COc1ccccc1Cl. The zero-order valence-electron chi connectivity index (χ0n) is 7.69. The van der Waals surface area contributed by atoms with Crippen molar-refractivity contribution in [2.24, 2.45) is 0 Å². The van der Waals surface area contributed by atoms with E-state index in [-0.39, 0.29) is 13.2 Å². The summed E-state index contributed by atoms with van der Waals surface area (Å²) in [5, 5.41) is 18.3. The molecule has 0 aliphatic rings. The van der Waals surface area contributed by atoms with Crippen LogP contribution in [0.5, 0.6) is 5.75 Å². The molecule has 78 valence electrons. The lowest BCUT2D eigenvalue weighted by atomic mass is 10.3. The lowest BCUT2D eigenvalue weighted by Gasteiger charge is -2.11. The molecule has 0 heterocycles. The molecule has 1 aromatic rings. The summed E-state index contributed by atoms with van der Waals surface area (Å²) >= 11 is 5.83. The maximum absolute atomic E-state index is 9.27. The van der Waals surface area contributed by atoms with E-state index in [0.29, 0.717) is 17.2 Å². The normalized spacial score (nSPS) is 12.5. The summed E-state index contributed by atoms with van der Waals surface area (Å²) in [7, 11) is 0. The fourth-order valence-electron chi connectivity index (χ4n) is 0.980. The first-order chi connectivity index (χ1) is 6.74. The van der Waals surface area contributed by atoms with Gasteiger partial charge in [-0.2, -0.15) is 0 Å². The number of ether oxygens (including phenoxy) is 1. The summed E-state index contributed by atoms with van der Waals surface area (Å²) in [5.74, 6) is 0.547. The Morgan fingerprint density at radius 3 is 2.71 bits per heavy atom. The topological polar surface area (TPSA) is 49.7 Å². The van der Waals surface area contributed by atoms with Crippen LogP contribution >= 0.6 is 11.6 Å². The second kappa shape index (κ2) is 5.86. The third-order valence-electron chi connectivity index (χ3n) is 1.73. The van der Waals surface area contributed by atoms with Gasteiger partial charge in [-0.25, -0.2) is 0 Å². The predicted octanol–water partition coefficient (Wildman–Crippen LogP) is 1.46. The van der Waals surface area contributed by atoms with E-state index in [1.807, 2.05) is 0 Å². The number of rotatable bonds is 5. The summed E-state index contributed by atoms with van der Waals surface area (Å²) in [6.45, 7) is 0.0946. The summed E-state index contributed by atoms with van der Waals surface area (Å²) in [4.78, 5) is 0. The first-order valence-corrected chi connectivity index (χ1v) is 4.78. The highest BCUT2D eigenvalue weighted by molar-refractivity contribution is 6.32. The van der Waals surface area contributed by atoms with Gasteiger partial charge in [0.05, 0.1) is 11.1 Å². The molecular formula is C10H13ClO3. The Morgan fingerprint density at radius 2 is 2.07 bits per heavy atom. The number of benzene rings is 1. The Bertz CT molecular complexity index is 278. The summed E-state index contributed by atoms with van der Waals surface area (Å²) < 4.78 is 5.26. The van der Waals surface area contributed by atoms with Crippen molar-refractivity contribution in [3.05, 3.63) is 29.3 Å². The van der Waals surface area contributed by atoms with E-state index >= 15 is 0 Å². The van der Waals surface area contributed by atoms with Crippen LogP contribution in [-0.4, -0.2) is 29.5 Å². The fourth-order valence-corrected chi connectivity index (χ4v) is 1.17. The van der Waals surface area contributed by atoms with Crippen LogP contribution < -0.4 is 4.74 Å². The third kappa shape index (κ3) is 3.54. The van der Waals surface area contributed by atoms with Gasteiger partial charge in [-0.1, -0.05) is 23.7 Å². The van der Waals surface area contributed by atoms with Crippen molar-refractivity contribution in [1.82, 2.24) is 0 Å². The second-order valence-corrected chi connectivity index (χ2v) is 3.31. The van der Waals surface area contributed by atoms with Gasteiger partial charge in [-0.3, -0.25) is 0 Å². The van der Waals surface area contributed by atoms with Crippen LogP contribution in [0.4, 0.5) is 0 Å². The summed E-state index contributed by atoms with van der Waals surface area (Å²) in [5.41, 5.74) is 0. The average Bonchev–Trinajstić information content (AvgIpc) is 2.17. The van der Waals surface area contributed by atoms with Gasteiger partial charge < -0.3 is 14.9 Å². The molecule has 0 amide bonds. The molecule has 1 atom stereocenters. The monoisotopic (exact) mass is 216 g/mol. The highest BCUT2D eigenvalue weighted by atomic mass is 35.5. The Kier molecular flexibility index (Phi) is 4.73. The highest BCUT2D eigenvalue weighted by Gasteiger charge is 2.05. The fraction of sp³-hybridized carbons (Fsp3) is 0.400. The predicted molar refractivity (Wildman–Crippen MR) is 54.7 cm³/mol. The molecular weight excluding hydrogens is 204 g/mol. The van der Waals surface area contributed by atoms with Crippen LogP contribution in [0.2, 0.25) is 5.02 Å². The molecule has 0 saturated carbocycles. The average molecular weight is 217 g/mol. The van der Waals surface area contributed by atoms with E-state index in [1.165, 1.54) is 0 Å². The van der Waals surface area contributed by atoms with Gasteiger partial charge in [0.1, 0.15) is 12.4 Å². The molecule has 0 radical (unpaired) electrons. The van der Waals surface area contributed by atoms with E-state index in [0.717, 1.165) is 0 Å². The molecule has 0 aliphatic carbocycles. The van der Waals surface area contributed by atoms with Gasteiger partial charge in [0.2, 0.25) is 0 Å². The Balaban J connectivity index is 2.41. The minimum Gasteiger partial charge on any atom is -0.489 e. The lowest BCUT2D eigenvalue weighted by Crippen LogP contribution is -2.18. The number of aliphatic hydroxyl groups is 2. The van der Waals surface area contributed by atoms with Gasteiger partial charge in [0.25, 0.3) is 0 Å². The van der Waals surface area contributed by atoms with Crippen molar-refractivity contribution in [3.63, 3.8) is 0 Å². The van der Waals surface area contributed by atoms with Crippen molar-refractivity contribution in [2.75, 3.05) is 13.2 Å². The van der Waals surface area contributed by atoms with Gasteiger partial charge in [0.15, 0.2) is 0 Å². The Morgan fingerprint density at radius 1 is 1.36 bits per heavy atom. The van der Waals surface area contributed by atoms with Gasteiger partial charge in [0, 0.05) is 6.61 Å². The van der Waals surface area contributed by atoms with Crippen molar-refractivity contribution in [3.8, 4) is 5.75 Å². The molecule has 0 saturated heterocycles. The molecule has 0 aromatic heterocycles. The van der Waals surface area contributed by atoms with E-state index in [4.69, 9.17) is 21.4 Å².